The molecule has 1 amide bonds. The fourth-order valence-corrected chi connectivity index (χ4v) is 5.70. The smallest absolute Gasteiger partial charge is 0.254 e. The molecule has 0 saturated heterocycles. The Balaban J connectivity index is 0.00000108. The van der Waals surface area contributed by atoms with Gasteiger partial charge in [-0.25, -0.2) is 0 Å². The van der Waals surface area contributed by atoms with Crippen molar-refractivity contribution in [2.24, 2.45) is 10.9 Å². The highest BCUT2D eigenvalue weighted by molar-refractivity contribution is 7.85. The lowest BCUT2D eigenvalue weighted by molar-refractivity contribution is 0.0793. The van der Waals surface area contributed by atoms with E-state index < -0.39 is 0 Å². The fraction of sp³-hybridized carbons (Fsp3) is 0.371. The second-order valence-electron chi connectivity index (χ2n) is 10.9. The maximum absolute atomic E-state index is 13.7. The van der Waals surface area contributed by atoms with E-state index in [0.29, 0.717) is 25.1 Å². The minimum atomic E-state index is 0.0138. The summed E-state index contributed by atoms with van der Waals surface area (Å²) in [6, 6.07) is 12.2. The van der Waals surface area contributed by atoms with Crippen LogP contribution < -0.4 is 5.32 Å². The van der Waals surface area contributed by atoms with Gasteiger partial charge in [0.05, 0.1) is 5.71 Å². The molecular formula is C35H45N3OS2. The topological polar surface area (TPSA) is 44.7 Å². The van der Waals surface area contributed by atoms with Gasteiger partial charge in [-0.05, 0) is 84.2 Å². The average molecular weight is 588 g/mol. The van der Waals surface area contributed by atoms with E-state index >= 15 is 0 Å². The van der Waals surface area contributed by atoms with E-state index in [2.05, 4.69) is 68.9 Å². The first-order chi connectivity index (χ1) is 19.7. The number of unbranched alkanes of at least 4 members (excludes halogenated alkanes) is 1. The van der Waals surface area contributed by atoms with Crippen LogP contribution in [0.4, 0.5) is 5.69 Å². The van der Waals surface area contributed by atoms with E-state index in [1.54, 1.807) is 4.90 Å². The summed E-state index contributed by atoms with van der Waals surface area (Å²) >= 11 is 9.91. The van der Waals surface area contributed by atoms with Crippen LogP contribution in [0.25, 0.3) is 5.57 Å². The SMILES string of the molecule is C=CCCCN(C)C(=O)c1ccccc1C1=C2C=CC(=NCC)C(S)=C2Cc2c1ccc(NCC)c2S.CC(C)C. The number of hydrogen-bond acceptors (Lipinski definition) is 5. The van der Waals surface area contributed by atoms with Crippen molar-refractivity contribution in [3.8, 4) is 0 Å². The van der Waals surface area contributed by atoms with Crippen molar-refractivity contribution in [3.63, 3.8) is 0 Å². The third kappa shape index (κ3) is 7.66. The van der Waals surface area contributed by atoms with Crippen LogP contribution in [0.3, 0.4) is 0 Å². The second-order valence-corrected chi connectivity index (χ2v) is 11.8. The van der Waals surface area contributed by atoms with Crippen molar-refractivity contribution in [2.75, 3.05) is 32.0 Å². The molecule has 1 N–H and O–H groups in total. The lowest BCUT2D eigenvalue weighted by atomic mass is 9.76. The third-order valence-corrected chi connectivity index (χ3v) is 7.82. The van der Waals surface area contributed by atoms with E-state index in [4.69, 9.17) is 25.3 Å². The summed E-state index contributed by atoms with van der Waals surface area (Å²) in [5, 5.41) is 3.43. The molecular weight excluding hydrogens is 543 g/mol. The molecule has 2 aromatic carbocycles. The molecule has 0 radical (unpaired) electrons. The van der Waals surface area contributed by atoms with Gasteiger partial charge in [0.15, 0.2) is 0 Å². The van der Waals surface area contributed by atoms with Crippen molar-refractivity contribution in [1.82, 2.24) is 4.90 Å². The second kappa shape index (κ2) is 15.3. The number of nitrogens with one attached hydrogen (secondary N) is 1. The molecule has 6 heteroatoms. The van der Waals surface area contributed by atoms with Gasteiger partial charge in [-0.3, -0.25) is 9.79 Å². The van der Waals surface area contributed by atoms with Crippen molar-refractivity contribution in [2.45, 2.75) is 58.8 Å². The molecule has 218 valence electrons. The van der Waals surface area contributed by atoms with Crippen molar-refractivity contribution >= 4 is 48.1 Å². The molecule has 2 aliphatic rings. The van der Waals surface area contributed by atoms with E-state index in [9.17, 15) is 4.79 Å². The van der Waals surface area contributed by atoms with Crippen LogP contribution in [0, 0.1) is 5.92 Å². The summed E-state index contributed by atoms with van der Waals surface area (Å²) < 4.78 is 0. The van der Waals surface area contributed by atoms with Gasteiger partial charge in [-0.15, -0.1) is 31.8 Å². The molecule has 4 rings (SSSR count). The Bertz CT molecular complexity index is 1400. The Morgan fingerprint density at radius 1 is 1.10 bits per heavy atom. The van der Waals surface area contributed by atoms with E-state index in [0.717, 1.165) is 79.9 Å². The minimum Gasteiger partial charge on any atom is -0.384 e. The van der Waals surface area contributed by atoms with Crippen molar-refractivity contribution < 1.29 is 4.79 Å². The molecule has 0 atom stereocenters. The van der Waals surface area contributed by atoms with Gasteiger partial charge in [-0.2, -0.15) is 0 Å². The number of nitrogens with zero attached hydrogens (tertiary/aromatic N) is 2. The van der Waals surface area contributed by atoms with Gasteiger partial charge >= 0.3 is 0 Å². The van der Waals surface area contributed by atoms with E-state index in [-0.39, 0.29) is 5.91 Å². The van der Waals surface area contributed by atoms with Crippen LogP contribution in [0.15, 0.2) is 87.1 Å². The molecule has 2 aromatic rings. The fourth-order valence-electron chi connectivity index (χ4n) is 5.00. The Labute approximate surface area is 258 Å². The number of thiol groups is 2. The first-order valence-corrected chi connectivity index (χ1v) is 15.5. The van der Waals surface area contributed by atoms with Gasteiger partial charge in [0.25, 0.3) is 5.91 Å². The first kappa shape index (κ1) is 32.6. The van der Waals surface area contributed by atoms with Crippen molar-refractivity contribution in [3.05, 3.63) is 99.5 Å². The zero-order valence-corrected chi connectivity index (χ0v) is 27.2. The predicted octanol–water partition coefficient (Wildman–Crippen LogP) is 8.68. The molecule has 0 fully saturated rings. The van der Waals surface area contributed by atoms with Crippen LogP contribution in [0.5, 0.6) is 0 Å². The summed E-state index contributed by atoms with van der Waals surface area (Å²) in [4.78, 5) is 21.9. The molecule has 0 bridgehead atoms. The summed E-state index contributed by atoms with van der Waals surface area (Å²) in [5.41, 5.74) is 8.99. The molecule has 0 saturated carbocycles. The molecule has 0 aromatic heterocycles. The standard InChI is InChI=1S/C31H35N3OS2.C4H10/c1-5-8-11-18-34(4)31(35)23-13-10-9-12-20(23)28-21-14-16-26(32-6-2)29(36)24(21)19-25-22(28)15-17-27(30(25)37)33-7-3;1-4(2)3/h5,9-10,12-17,32,36-37H,1,6-8,11,18-19H2,2-4H3;4H,1-3H3. The summed E-state index contributed by atoms with van der Waals surface area (Å²) in [5.74, 6) is 0.847. The van der Waals surface area contributed by atoms with Gasteiger partial charge in [0, 0.05) is 54.2 Å². The van der Waals surface area contributed by atoms with Crippen LogP contribution in [-0.4, -0.2) is 43.2 Å². The molecule has 0 spiro atoms. The number of carbonyl (C=O) groups is 1. The third-order valence-electron chi connectivity index (χ3n) is 6.81. The summed E-state index contributed by atoms with van der Waals surface area (Å²) in [6.07, 6.45) is 8.53. The lowest BCUT2D eigenvalue weighted by Gasteiger charge is -2.31. The zero-order chi connectivity index (χ0) is 30.1. The number of rotatable bonds is 9. The number of aliphatic imine (C=N–C) groups is 1. The largest absolute Gasteiger partial charge is 0.384 e. The number of fused-ring (bicyclic) bond motifs is 2. The highest BCUT2D eigenvalue weighted by atomic mass is 32.1. The van der Waals surface area contributed by atoms with Gasteiger partial charge < -0.3 is 10.2 Å². The van der Waals surface area contributed by atoms with Crippen LogP contribution in [0.2, 0.25) is 0 Å². The van der Waals surface area contributed by atoms with Crippen LogP contribution in [-0.2, 0) is 6.42 Å². The average Bonchev–Trinajstić information content (AvgIpc) is 2.95. The van der Waals surface area contributed by atoms with Gasteiger partial charge in [0.2, 0.25) is 0 Å². The van der Waals surface area contributed by atoms with Crippen LogP contribution >= 0.6 is 25.3 Å². The highest BCUT2D eigenvalue weighted by Crippen LogP contribution is 2.46. The molecule has 0 unspecified atom stereocenters. The highest BCUT2D eigenvalue weighted by Gasteiger charge is 2.31. The first-order valence-electron chi connectivity index (χ1n) is 14.6. The molecule has 0 heterocycles. The van der Waals surface area contributed by atoms with Gasteiger partial charge in [0.1, 0.15) is 0 Å². The quantitative estimate of drug-likeness (QED) is 0.156. The maximum atomic E-state index is 13.7. The number of benzene rings is 2. The zero-order valence-electron chi connectivity index (χ0n) is 25.4. The maximum Gasteiger partial charge on any atom is 0.254 e. The number of allylic oxidation sites excluding steroid dienone is 6. The number of amides is 1. The Kier molecular flexibility index (Phi) is 12.2. The molecule has 2 aliphatic carbocycles. The minimum absolute atomic E-state index is 0.0138. The van der Waals surface area contributed by atoms with E-state index in [1.165, 1.54) is 0 Å². The predicted molar refractivity (Wildman–Crippen MR) is 184 cm³/mol. The van der Waals surface area contributed by atoms with Gasteiger partial charge in [-0.1, -0.05) is 57.2 Å². The lowest BCUT2D eigenvalue weighted by Crippen LogP contribution is -2.29. The summed E-state index contributed by atoms with van der Waals surface area (Å²) in [7, 11) is 1.87. The Morgan fingerprint density at radius 3 is 2.46 bits per heavy atom. The monoisotopic (exact) mass is 587 g/mol. The Hall–Kier alpha value is -2.96. The normalized spacial score (nSPS) is 14.9. The molecule has 4 nitrogen and oxygen atoms in total. The summed E-state index contributed by atoms with van der Waals surface area (Å²) in [6.45, 7) is 16.6. The number of anilines is 1. The van der Waals surface area contributed by atoms with E-state index in [1.807, 2.05) is 44.3 Å². The number of hydrogen-bond donors (Lipinski definition) is 3. The van der Waals surface area contributed by atoms with Crippen LogP contribution in [0.1, 0.15) is 74.5 Å². The molecule has 41 heavy (non-hydrogen) atoms. The molecule has 0 aliphatic heterocycles. The van der Waals surface area contributed by atoms with Crippen molar-refractivity contribution in [1.29, 1.82) is 0 Å². The Morgan fingerprint density at radius 2 is 1.80 bits per heavy atom. The number of carbonyl (C=O) groups excluding carboxylic acids is 1.